The molecular formula is C26H20N2O2. The van der Waals surface area contributed by atoms with Gasteiger partial charge in [0.1, 0.15) is 5.76 Å². The fraction of sp³-hybridized carbons (Fsp3) is 0.154. The SMILES string of the molecule is O=C1C[C@@H](c2ccco2)CC2=C1[C@@H](c1cccnc1)c1c(ccc3ccccc13)N2. The second kappa shape index (κ2) is 6.70. The molecule has 0 saturated carbocycles. The average molecular weight is 392 g/mol. The van der Waals surface area contributed by atoms with Gasteiger partial charge in [-0.3, -0.25) is 9.78 Å². The Morgan fingerprint density at radius 3 is 2.73 bits per heavy atom. The van der Waals surface area contributed by atoms with Gasteiger partial charge in [-0.15, -0.1) is 0 Å². The third-order valence-electron chi connectivity index (χ3n) is 6.30. The quantitative estimate of drug-likeness (QED) is 0.469. The molecule has 30 heavy (non-hydrogen) atoms. The summed E-state index contributed by atoms with van der Waals surface area (Å²) in [6.07, 6.45) is 6.57. The van der Waals surface area contributed by atoms with Crippen LogP contribution in [0.15, 0.2) is 95.0 Å². The fourth-order valence-corrected chi connectivity index (χ4v) is 5.01. The van der Waals surface area contributed by atoms with E-state index < -0.39 is 0 Å². The van der Waals surface area contributed by atoms with E-state index in [0.29, 0.717) is 6.42 Å². The molecule has 0 amide bonds. The molecular weight excluding hydrogens is 372 g/mol. The van der Waals surface area contributed by atoms with E-state index in [1.165, 1.54) is 10.8 Å². The lowest BCUT2D eigenvalue weighted by Gasteiger charge is -2.36. The van der Waals surface area contributed by atoms with Crippen molar-refractivity contribution in [3.05, 3.63) is 107 Å². The highest BCUT2D eigenvalue weighted by Gasteiger charge is 2.39. The largest absolute Gasteiger partial charge is 0.469 e. The number of benzene rings is 2. The Morgan fingerprint density at radius 1 is 0.967 bits per heavy atom. The second-order valence-corrected chi connectivity index (χ2v) is 8.03. The topological polar surface area (TPSA) is 55.1 Å². The molecule has 0 fully saturated rings. The molecule has 0 unspecified atom stereocenters. The van der Waals surface area contributed by atoms with Crippen LogP contribution in [0.2, 0.25) is 0 Å². The second-order valence-electron chi connectivity index (χ2n) is 8.03. The first-order valence-electron chi connectivity index (χ1n) is 10.3. The summed E-state index contributed by atoms with van der Waals surface area (Å²) >= 11 is 0. The van der Waals surface area contributed by atoms with E-state index >= 15 is 0 Å². The third kappa shape index (κ3) is 2.61. The predicted octanol–water partition coefficient (Wildman–Crippen LogP) is 5.79. The normalized spacial score (nSPS) is 20.6. The minimum atomic E-state index is -0.124. The van der Waals surface area contributed by atoms with Crippen LogP contribution in [0.3, 0.4) is 0 Å². The van der Waals surface area contributed by atoms with Crippen LogP contribution in [0.1, 0.15) is 41.6 Å². The Hall–Kier alpha value is -3.66. The van der Waals surface area contributed by atoms with Crippen molar-refractivity contribution in [3.8, 4) is 0 Å². The van der Waals surface area contributed by atoms with Gasteiger partial charge in [-0.2, -0.15) is 0 Å². The van der Waals surface area contributed by atoms with Crippen LogP contribution >= 0.6 is 0 Å². The number of hydrogen-bond acceptors (Lipinski definition) is 4. The van der Waals surface area contributed by atoms with Gasteiger partial charge < -0.3 is 9.73 Å². The van der Waals surface area contributed by atoms with Crippen LogP contribution in [0.5, 0.6) is 0 Å². The Kier molecular flexibility index (Phi) is 3.85. The fourth-order valence-electron chi connectivity index (χ4n) is 5.01. The molecule has 3 heterocycles. The van der Waals surface area contributed by atoms with Gasteiger partial charge in [0.05, 0.1) is 6.26 Å². The summed E-state index contributed by atoms with van der Waals surface area (Å²) in [4.78, 5) is 17.9. The number of hydrogen-bond donors (Lipinski definition) is 1. The summed E-state index contributed by atoms with van der Waals surface area (Å²) in [7, 11) is 0. The zero-order valence-corrected chi connectivity index (χ0v) is 16.3. The van der Waals surface area contributed by atoms with Crippen molar-refractivity contribution in [1.82, 2.24) is 4.98 Å². The molecule has 1 aliphatic carbocycles. The van der Waals surface area contributed by atoms with Crippen molar-refractivity contribution in [1.29, 1.82) is 0 Å². The van der Waals surface area contributed by atoms with Gasteiger partial charge in [0.15, 0.2) is 5.78 Å². The summed E-state index contributed by atoms with van der Waals surface area (Å²) in [5.74, 6) is 0.993. The number of allylic oxidation sites excluding steroid dienone is 2. The number of carbonyl (C=O) groups is 1. The van der Waals surface area contributed by atoms with E-state index in [4.69, 9.17) is 4.42 Å². The average Bonchev–Trinajstić information content (AvgIpc) is 3.33. The first kappa shape index (κ1) is 17.2. The lowest BCUT2D eigenvalue weighted by molar-refractivity contribution is -0.116. The highest BCUT2D eigenvalue weighted by molar-refractivity contribution is 6.04. The molecule has 6 rings (SSSR count). The predicted molar refractivity (Wildman–Crippen MR) is 116 cm³/mol. The van der Waals surface area contributed by atoms with Gasteiger partial charge in [0.2, 0.25) is 0 Å². The number of rotatable bonds is 2. The van der Waals surface area contributed by atoms with Gasteiger partial charge >= 0.3 is 0 Å². The smallest absolute Gasteiger partial charge is 0.162 e. The summed E-state index contributed by atoms with van der Waals surface area (Å²) in [5.41, 5.74) is 5.15. The molecule has 1 N–H and O–H groups in total. The van der Waals surface area contributed by atoms with Crippen LogP contribution in [-0.2, 0) is 4.79 Å². The third-order valence-corrected chi connectivity index (χ3v) is 6.30. The van der Waals surface area contributed by atoms with Crippen molar-refractivity contribution in [2.45, 2.75) is 24.7 Å². The molecule has 2 aliphatic rings. The first-order chi connectivity index (χ1) is 14.8. The van der Waals surface area contributed by atoms with Crippen LogP contribution in [0.25, 0.3) is 10.8 Å². The molecule has 4 aromatic rings. The molecule has 0 saturated heterocycles. The van der Waals surface area contributed by atoms with E-state index in [2.05, 4.69) is 52.8 Å². The summed E-state index contributed by atoms with van der Waals surface area (Å²) in [6.45, 7) is 0. The van der Waals surface area contributed by atoms with Gasteiger partial charge in [-0.05, 0) is 52.6 Å². The van der Waals surface area contributed by atoms with Gasteiger partial charge in [-0.25, -0.2) is 0 Å². The molecule has 1 aliphatic heterocycles. The first-order valence-corrected chi connectivity index (χ1v) is 10.3. The standard InChI is InChI=1S/C26H20N2O2/c29-22-14-18(23-8-4-12-30-23)13-21-26(22)24(17-6-3-11-27-15-17)25-19-7-2-1-5-16(19)9-10-20(25)28-21/h1-12,15,18,24,28H,13-14H2/t18-,24-/m0/s1. The van der Waals surface area contributed by atoms with E-state index in [1.807, 2.05) is 24.4 Å². The summed E-state index contributed by atoms with van der Waals surface area (Å²) in [6, 6.07) is 20.5. The van der Waals surface area contributed by atoms with Crippen LogP contribution in [0.4, 0.5) is 5.69 Å². The number of anilines is 1. The number of nitrogens with one attached hydrogen (secondary N) is 1. The maximum atomic E-state index is 13.5. The Labute approximate surface area is 174 Å². The minimum absolute atomic E-state index is 0.0651. The number of aromatic nitrogens is 1. The molecule has 0 bridgehead atoms. The van der Waals surface area contributed by atoms with Crippen LogP contribution in [0, 0.1) is 0 Å². The number of Topliss-reactive ketones (excluding diaryl/α,β-unsaturated/α-hetero) is 1. The van der Waals surface area contributed by atoms with Crippen molar-refractivity contribution >= 4 is 22.2 Å². The molecule has 0 radical (unpaired) electrons. The lowest BCUT2D eigenvalue weighted by atomic mass is 9.72. The maximum absolute atomic E-state index is 13.5. The van der Waals surface area contributed by atoms with Gasteiger partial charge in [0, 0.05) is 47.6 Å². The van der Waals surface area contributed by atoms with Gasteiger partial charge in [-0.1, -0.05) is 36.4 Å². The number of fused-ring (bicyclic) bond motifs is 3. The molecule has 2 atom stereocenters. The molecule has 2 aromatic heterocycles. The lowest BCUT2D eigenvalue weighted by Crippen LogP contribution is -2.29. The zero-order valence-electron chi connectivity index (χ0n) is 16.3. The van der Waals surface area contributed by atoms with Crippen molar-refractivity contribution in [2.24, 2.45) is 0 Å². The van der Waals surface area contributed by atoms with E-state index in [-0.39, 0.29) is 17.6 Å². The maximum Gasteiger partial charge on any atom is 0.162 e. The van der Waals surface area contributed by atoms with E-state index in [1.54, 1.807) is 12.5 Å². The van der Waals surface area contributed by atoms with Crippen molar-refractivity contribution < 1.29 is 9.21 Å². The summed E-state index contributed by atoms with van der Waals surface area (Å²) < 4.78 is 5.63. The minimum Gasteiger partial charge on any atom is -0.469 e. The number of pyridine rings is 1. The Balaban J connectivity index is 1.57. The molecule has 146 valence electrons. The monoisotopic (exact) mass is 392 g/mol. The molecule has 4 nitrogen and oxygen atoms in total. The van der Waals surface area contributed by atoms with Gasteiger partial charge in [0.25, 0.3) is 0 Å². The van der Waals surface area contributed by atoms with E-state index in [9.17, 15) is 4.79 Å². The van der Waals surface area contributed by atoms with Crippen molar-refractivity contribution in [2.75, 3.05) is 5.32 Å². The molecule has 2 aromatic carbocycles. The number of furan rings is 1. The highest BCUT2D eigenvalue weighted by atomic mass is 16.3. The van der Waals surface area contributed by atoms with Crippen LogP contribution in [-0.4, -0.2) is 10.8 Å². The number of carbonyl (C=O) groups excluding carboxylic acids is 1. The zero-order chi connectivity index (χ0) is 20.1. The van der Waals surface area contributed by atoms with Crippen molar-refractivity contribution in [3.63, 3.8) is 0 Å². The molecule has 0 spiro atoms. The van der Waals surface area contributed by atoms with E-state index in [0.717, 1.165) is 40.3 Å². The molecule has 4 heteroatoms. The van der Waals surface area contributed by atoms with Crippen LogP contribution < -0.4 is 5.32 Å². The Morgan fingerprint density at radius 2 is 1.90 bits per heavy atom. The number of ketones is 1. The Bertz CT molecular complexity index is 1290. The highest BCUT2D eigenvalue weighted by Crippen LogP contribution is 2.49. The number of nitrogens with zero attached hydrogens (tertiary/aromatic N) is 1. The summed E-state index contributed by atoms with van der Waals surface area (Å²) in [5, 5.41) is 5.95.